The quantitative estimate of drug-likeness (QED) is 0.858. The molecule has 2 heterocycles. The van der Waals surface area contributed by atoms with Gasteiger partial charge in [-0.1, -0.05) is 24.3 Å². The number of benzene rings is 2. The SMILES string of the molecule is O=C(COc1ccccc1)N1CCCC1c1ccc2c(c1)OCCO2. The Balaban J connectivity index is 1.45. The van der Waals surface area contributed by atoms with Gasteiger partial charge in [-0.3, -0.25) is 4.79 Å². The first-order chi connectivity index (χ1) is 12.3. The van der Waals surface area contributed by atoms with E-state index < -0.39 is 0 Å². The molecule has 0 saturated carbocycles. The van der Waals surface area contributed by atoms with Gasteiger partial charge >= 0.3 is 0 Å². The van der Waals surface area contributed by atoms with E-state index >= 15 is 0 Å². The van der Waals surface area contributed by atoms with Crippen molar-refractivity contribution in [3.63, 3.8) is 0 Å². The maximum atomic E-state index is 12.6. The maximum absolute atomic E-state index is 12.6. The van der Waals surface area contributed by atoms with Gasteiger partial charge in [-0.25, -0.2) is 0 Å². The van der Waals surface area contributed by atoms with Crippen LogP contribution < -0.4 is 14.2 Å². The summed E-state index contributed by atoms with van der Waals surface area (Å²) in [6, 6.07) is 15.5. The van der Waals surface area contributed by atoms with Crippen molar-refractivity contribution in [2.75, 3.05) is 26.4 Å². The number of likely N-dealkylation sites (tertiary alicyclic amines) is 1. The number of carbonyl (C=O) groups is 1. The van der Waals surface area contributed by atoms with E-state index in [1.165, 1.54) is 0 Å². The molecule has 5 nitrogen and oxygen atoms in total. The molecule has 2 aliphatic rings. The van der Waals surface area contributed by atoms with Crippen LogP contribution >= 0.6 is 0 Å². The zero-order chi connectivity index (χ0) is 17.1. The number of rotatable bonds is 4. The molecule has 0 spiro atoms. The van der Waals surface area contributed by atoms with Crippen LogP contribution in [0.4, 0.5) is 0 Å². The molecule has 0 bridgehead atoms. The molecule has 1 fully saturated rings. The summed E-state index contributed by atoms with van der Waals surface area (Å²) >= 11 is 0. The van der Waals surface area contributed by atoms with E-state index in [0.717, 1.165) is 36.4 Å². The Morgan fingerprint density at radius 3 is 2.72 bits per heavy atom. The summed E-state index contributed by atoms with van der Waals surface area (Å²) in [4.78, 5) is 14.5. The number of carbonyl (C=O) groups excluding carboxylic acids is 1. The normalized spacial score (nSPS) is 18.9. The largest absolute Gasteiger partial charge is 0.486 e. The smallest absolute Gasteiger partial charge is 0.261 e. The lowest BCUT2D eigenvalue weighted by molar-refractivity contribution is -0.134. The van der Waals surface area contributed by atoms with Gasteiger partial charge in [0.2, 0.25) is 0 Å². The molecule has 0 radical (unpaired) electrons. The van der Waals surface area contributed by atoms with E-state index in [1.807, 2.05) is 53.4 Å². The molecular formula is C20H21NO4. The Morgan fingerprint density at radius 1 is 1.08 bits per heavy atom. The highest BCUT2D eigenvalue weighted by molar-refractivity contribution is 5.78. The van der Waals surface area contributed by atoms with Gasteiger partial charge in [0.15, 0.2) is 18.1 Å². The average molecular weight is 339 g/mol. The summed E-state index contributed by atoms with van der Waals surface area (Å²) in [5.74, 6) is 2.27. The van der Waals surface area contributed by atoms with Crippen LogP contribution in [0, 0.1) is 0 Å². The van der Waals surface area contributed by atoms with Gasteiger partial charge in [-0.2, -0.15) is 0 Å². The average Bonchev–Trinajstić information content (AvgIpc) is 3.16. The molecule has 1 amide bonds. The van der Waals surface area contributed by atoms with E-state index in [0.29, 0.717) is 19.0 Å². The van der Waals surface area contributed by atoms with Crippen molar-refractivity contribution in [3.05, 3.63) is 54.1 Å². The summed E-state index contributed by atoms with van der Waals surface area (Å²) < 4.78 is 16.9. The van der Waals surface area contributed by atoms with Gasteiger partial charge in [-0.05, 0) is 42.7 Å². The standard InChI is InChI=1S/C20H21NO4/c22-20(14-25-16-5-2-1-3-6-16)21-10-4-7-17(21)15-8-9-18-19(13-15)24-12-11-23-18/h1-3,5-6,8-9,13,17H,4,7,10-12,14H2. The first-order valence-corrected chi connectivity index (χ1v) is 8.68. The molecule has 4 rings (SSSR count). The van der Waals surface area contributed by atoms with Crippen molar-refractivity contribution < 1.29 is 19.0 Å². The molecule has 2 aliphatic heterocycles. The van der Waals surface area contributed by atoms with Crippen molar-refractivity contribution in [2.45, 2.75) is 18.9 Å². The van der Waals surface area contributed by atoms with Crippen LogP contribution in [-0.2, 0) is 4.79 Å². The van der Waals surface area contributed by atoms with Gasteiger partial charge in [0.1, 0.15) is 19.0 Å². The van der Waals surface area contributed by atoms with Crippen LogP contribution in [0.2, 0.25) is 0 Å². The predicted molar refractivity (Wildman–Crippen MR) is 93.1 cm³/mol. The Hall–Kier alpha value is -2.69. The summed E-state index contributed by atoms with van der Waals surface area (Å²) in [6.07, 6.45) is 1.95. The summed E-state index contributed by atoms with van der Waals surface area (Å²) in [7, 11) is 0. The zero-order valence-corrected chi connectivity index (χ0v) is 14.0. The van der Waals surface area contributed by atoms with Crippen molar-refractivity contribution in [1.82, 2.24) is 4.90 Å². The highest BCUT2D eigenvalue weighted by atomic mass is 16.6. The highest BCUT2D eigenvalue weighted by Crippen LogP contribution is 2.38. The molecule has 1 atom stereocenters. The molecule has 0 N–H and O–H groups in total. The molecule has 2 aromatic carbocycles. The molecule has 0 aromatic heterocycles. The first-order valence-electron chi connectivity index (χ1n) is 8.68. The number of ether oxygens (including phenoxy) is 3. The van der Waals surface area contributed by atoms with Crippen molar-refractivity contribution in [3.8, 4) is 17.2 Å². The van der Waals surface area contributed by atoms with Crippen LogP contribution in [0.25, 0.3) is 0 Å². The second kappa shape index (κ2) is 7.05. The Morgan fingerprint density at radius 2 is 1.88 bits per heavy atom. The molecule has 1 saturated heterocycles. The van der Waals surface area contributed by atoms with Gasteiger partial charge in [0.25, 0.3) is 5.91 Å². The summed E-state index contributed by atoms with van der Waals surface area (Å²) in [5.41, 5.74) is 1.09. The molecule has 0 aliphatic carbocycles. The van der Waals surface area contributed by atoms with Crippen LogP contribution in [-0.4, -0.2) is 37.2 Å². The second-order valence-corrected chi connectivity index (χ2v) is 6.25. The van der Waals surface area contributed by atoms with Crippen molar-refractivity contribution in [2.24, 2.45) is 0 Å². The van der Waals surface area contributed by atoms with E-state index in [2.05, 4.69) is 0 Å². The number of hydrogen-bond donors (Lipinski definition) is 0. The first kappa shape index (κ1) is 15.8. The van der Waals surface area contributed by atoms with Gasteiger partial charge in [-0.15, -0.1) is 0 Å². The fourth-order valence-corrected chi connectivity index (χ4v) is 3.42. The summed E-state index contributed by atoms with van der Waals surface area (Å²) in [6.45, 7) is 1.97. The van der Waals surface area contributed by atoms with Gasteiger partial charge in [0, 0.05) is 6.54 Å². The Labute approximate surface area is 147 Å². The van der Waals surface area contributed by atoms with E-state index in [9.17, 15) is 4.79 Å². The minimum absolute atomic E-state index is 0.0150. The lowest BCUT2D eigenvalue weighted by Gasteiger charge is -2.26. The number of para-hydroxylation sites is 1. The van der Waals surface area contributed by atoms with Crippen LogP contribution in [0.3, 0.4) is 0 Å². The molecular weight excluding hydrogens is 318 g/mol. The number of fused-ring (bicyclic) bond motifs is 1. The lowest BCUT2D eigenvalue weighted by atomic mass is 10.0. The Bertz CT molecular complexity index is 747. The second-order valence-electron chi connectivity index (χ2n) is 6.25. The lowest BCUT2D eigenvalue weighted by Crippen LogP contribution is -2.34. The number of hydrogen-bond acceptors (Lipinski definition) is 4. The fourth-order valence-electron chi connectivity index (χ4n) is 3.42. The van der Waals surface area contributed by atoms with Crippen molar-refractivity contribution >= 4 is 5.91 Å². The number of amides is 1. The molecule has 25 heavy (non-hydrogen) atoms. The topological polar surface area (TPSA) is 48.0 Å². The highest BCUT2D eigenvalue weighted by Gasteiger charge is 2.31. The van der Waals surface area contributed by atoms with Gasteiger partial charge in [0.05, 0.1) is 6.04 Å². The minimum Gasteiger partial charge on any atom is -0.486 e. The summed E-state index contributed by atoms with van der Waals surface area (Å²) in [5, 5.41) is 0. The fraction of sp³-hybridized carbons (Fsp3) is 0.350. The van der Waals surface area contributed by atoms with E-state index in [4.69, 9.17) is 14.2 Å². The third-order valence-corrected chi connectivity index (χ3v) is 4.63. The third kappa shape index (κ3) is 3.40. The van der Waals surface area contributed by atoms with Crippen LogP contribution in [0.15, 0.2) is 48.5 Å². The van der Waals surface area contributed by atoms with Crippen molar-refractivity contribution in [1.29, 1.82) is 0 Å². The maximum Gasteiger partial charge on any atom is 0.261 e. The van der Waals surface area contributed by atoms with E-state index in [1.54, 1.807) is 0 Å². The Kier molecular flexibility index (Phi) is 4.46. The third-order valence-electron chi connectivity index (χ3n) is 4.63. The van der Waals surface area contributed by atoms with E-state index in [-0.39, 0.29) is 18.6 Å². The molecule has 1 unspecified atom stereocenters. The van der Waals surface area contributed by atoms with Gasteiger partial charge < -0.3 is 19.1 Å². The monoisotopic (exact) mass is 339 g/mol. The molecule has 5 heteroatoms. The molecule has 130 valence electrons. The molecule has 2 aromatic rings. The van der Waals surface area contributed by atoms with Crippen LogP contribution in [0.5, 0.6) is 17.2 Å². The zero-order valence-electron chi connectivity index (χ0n) is 14.0. The number of nitrogens with zero attached hydrogens (tertiary/aromatic N) is 1. The van der Waals surface area contributed by atoms with Crippen LogP contribution in [0.1, 0.15) is 24.4 Å². The predicted octanol–water partition coefficient (Wildman–Crippen LogP) is 3.20. The minimum atomic E-state index is 0.0150.